The Labute approximate surface area is 148 Å². The largest absolute Gasteiger partial charge is 0.573 e. The van der Waals surface area contributed by atoms with E-state index >= 15 is 0 Å². The Kier molecular flexibility index (Phi) is 6.51. The second-order valence-electron chi connectivity index (χ2n) is 5.32. The summed E-state index contributed by atoms with van der Waals surface area (Å²) in [7, 11) is 0. The molecule has 1 aromatic carbocycles. The summed E-state index contributed by atoms with van der Waals surface area (Å²) in [6, 6.07) is 10.2. The monoisotopic (exact) mass is 378 g/mol. The molecule has 0 spiro atoms. The van der Waals surface area contributed by atoms with Crippen LogP contribution in [0.25, 0.3) is 0 Å². The molecule has 1 aromatic heterocycles. The quantitative estimate of drug-likeness (QED) is 0.868. The number of ether oxygens (including phenoxy) is 1. The predicted octanol–water partition coefficient (Wildman–Crippen LogP) is 4.06. The Morgan fingerprint density at radius 1 is 1.12 bits per heavy atom. The lowest BCUT2D eigenvalue weighted by molar-refractivity contribution is -0.274. The number of nitrogens with one attached hydrogen (secondary N) is 1. The molecule has 2 heterocycles. The zero-order chi connectivity index (χ0) is 16.3. The second kappa shape index (κ2) is 8.20. The van der Waals surface area contributed by atoms with Gasteiger partial charge >= 0.3 is 6.36 Å². The van der Waals surface area contributed by atoms with E-state index in [1.807, 2.05) is 23.6 Å². The van der Waals surface area contributed by atoms with Gasteiger partial charge in [-0.05, 0) is 29.1 Å². The summed E-state index contributed by atoms with van der Waals surface area (Å²) in [6.07, 6.45) is -4.67. The molecule has 24 heavy (non-hydrogen) atoms. The van der Waals surface area contributed by atoms with Crippen molar-refractivity contribution in [2.75, 3.05) is 26.2 Å². The minimum atomic E-state index is -4.67. The number of thiophene rings is 1. The maximum atomic E-state index is 12.5. The highest BCUT2D eigenvalue weighted by Gasteiger charge is 2.32. The highest BCUT2D eigenvalue weighted by molar-refractivity contribution is 7.10. The van der Waals surface area contributed by atoms with E-state index in [0.717, 1.165) is 36.6 Å². The van der Waals surface area contributed by atoms with Gasteiger partial charge in [-0.1, -0.05) is 18.2 Å². The SMILES string of the molecule is Cl.FC(F)(F)Oc1cccc([C@H](c2cccs2)N2CCNCC2)c1. The Balaban J connectivity index is 0.00000208. The third-order valence-electron chi connectivity index (χ3n) is 3.74. The summed E-state index contributed by atoms with van der Waals surface area (Å²) >= 11 is 1.61. The maximum absolute atomic E-state index is 12.5. The van der Waals surface area contributed by atoms with Crippen LogP contribution >= 0.6 is 23.7 Å². The van der Waals surface area contributed by atoms with Gasteiger partial charge in [0.1, 0.15) is 5.75 Å². The van der Waals surface area contributed by atoms with Crippen molar-refractivity contribution in [1.82, 2.24) is 10.2 Å². The zero-order valence-corrected chi connectivity index (χ0v) is 14.4. The maximum Gasteiger partial charge on any atom is 0.573 e. The summed E-state index contributed by atoms with van der Waals surface area (Å²) in [5.41, 5.74) is 0.816. The molecule has 1 fully saturated rings. The first-order valence-corrected chi connectivity index (χ1v) is 8.25. The van der Waals surface area contributed by atoms with E-state index in [1.165, 1.54) is 12.1 Å². The predicted molar refractivity (Wildman–Crippen MR) is 91.0 cm³/mol. The molecule has 132 valence electrons. The second-order valence-corrected chi connectivity index (χ2v) is 6.30. The van der Waals surface area contributed by atoms with E-state index in [-0.39, 0.29) is 24.2 Å². The fourth-order valence-corrected chi connectivity index (χ4v) is 3.71. The van der Waals surface area contributed by atoms with Gasteiger partial charge in [-0.2, -0.15) is 0 Å². The zero-order valence-electron chi connectivity index (χ0n) is 12.8. The Bertz CT molecular complexity index is 631. The first kappa shape index (κ1) is 19.1. The number of piperazine rings is 1. The number of nitrogens with zero attached hydrogens (tertiary/aromatic N) is 1. The third-order valence-corrected chi connectivity index (χ3v) is 4.66. The number of alkyl halides is 3. The fraction of sp³-hybridized carbons (Fsp3) is 0.375. The van der Waals surface area contributed by atoms with E-state index in [0.29, 0.717) is 0 Å². The van der Waals surface area contributed by atoms with Crippen LogP contribution in [-0.2, 0) is 0 Å². The van der Waals surface area contributed by atoms with Gasteiger partial charge in [0.25, 0.3) is 0 Å². The first-order chi connectivity index (χ1) is 11.0. The van der Waals surface area contributed by atoms with Crippen LogP contribution in [-0.4, -0.2) is 37.4 Å². The molecule has 8 heteroatoms. The molecule has 0 unspecified atom stereocenters. The average molecular weight is 379 g/mol. The summed E-state index contributed by atoms with van der Waals surface area (Å²) in [5, 5.41) is 5.28. The average Bonchev–Trinajstić information content (AvgIpc) is 3.01. The van der Waals surface area contributed by atoms with E-state index < -0.39 is 6.36 Å². The molecular weight excluding hydrogens is 361 g/mol. The van der Waals surface area contributed by atoms with Gasteiger partial charge in [0, 0.05) is 31.1 Å². The Hall–Kier alpha value is -1.28. The minimum absolute atomic E-state index is 0. The van der Waals surface area contributed by atoms with Crippen LogP contribution in [0, 0.1) is 0 Å². The van der Waals surface area contributed by atoms with Gasteiger partial charge in [0.15, 0.2) is 0 Å². The molecular formula is C16H18ClF3N2OS. The van der Waals surface area contributed by atoms with Crippen molar-refractivity contribution in [3.8, 4) is 5.75 Å². The van der Waals surface area contributed by atoms with Gasteiger partial charge < -0.3 is 10.1 Å². The first-order valence-electron chi connectivity index (χ1n) is 7.37. The molecule has 1 aliphatic rings. The van der Waals surface area contributed by atoms with Gasteiger partial charge in [-0.3, -0.25) is 4.90 Å². The Morgan fingerprint density at radius 2 is 1.88 bits per heavy atom. The lowest BCUT2D eigenvalue weighted by atomic mass is 10.0. The Morgan fingerprint density at radius 3 is 2.50 bits per heavy atom. The molecule has 3 rings (SSSR count). The lowest BCUT2D eigenvalue weighted by Gasteiger charge is -2.34. The highest BCUT2D eigenvalue weighted by atomic mass is 35.5. The van der Waals surface area contributed by atoms with Gasteiger partial charge in [0.05, 0.1) is 6.04 Å². The molecule has 0 aliphatic carbocycles. The molecule has 0 radical (unpaired) electrons. The number of hydrogen-bond donors (Lipinski definition) is 1. The molecule has 1 aliphatic heterocycles. The van der Waals surface area contributed by atoms with Crippen molar-refractivity contribution in [2.45, 2.75) is 12.4 Å². The smallest absolute Gasteiger partial charge is 0.406 e. The molecule has 1 atom stereocenters. The minimum Gasteiger partial charge on any atom is -0.406 e. The van der Waals surface area contributed by atoms with Crippen LogP contribution in [0.5, 0.6) is 5.75 Å². The van der Waals surface area contributed by atoms with Gasteiger partial charge in [0.2, 0.25) is 0 Å². The van der Waals surface area contributed by atoms with Crippen LogP contribution in [0.15, 0.2) is 41.8 Å². The summed E-state index contributed by atoms with van der Waals surface area (Å²) < 4.78 is 41.5. The molecule has 0 saturated carbocycles. The standard InChI is InChI=1S/C16H17F3N2OS.ClH/c17-16(18,19)22-13-4-1-3-12(11-13)15(14-5-2-10-23-14)21-8-6-20-7-9-21;/h1-5,10-11,15,20H,6-9H2;1H/t15-;/m1./s1. The molecule has 0 amide bonds. The number of rotatable bonds is 4. The van der Waals surface area contributed by atoms with Crippen LogP contribution in [0.2, 0.25) is 0 Å². The number of halogens is 4. The molecule has 1 saturated heterocycles. The van der Waals surface area contributed by atoms with Crippen molar-refractivity contribution < 1.29 is 17.9 Å². The van der Waals surface area contributed by atoms with Crippen molar-refractivity contribution in [2.24, 2.45) is 0 Å². The van der Waals surface area contributed by atoms with Crippen LogP contribution < -0.4 is 10.1 Å². The van der Waals surface area contributed by atoms with Crippen molar-refractivity contribution in [3.63, 3.8) is 0 Å². The van der Waals surface area contributed by atoms with Crippen LogP contribution in [0.4, 0.5) is 13.2 Å². The molecule has 3 nitrogen and oxygen atoms in total. The van der Waals surface area contributed by atoms with Crippen molar-refractivity contribution >= 4 is 23.7 Å². The summed E-state index contributed by atoms with van der Waals surface area (Å²) in [6.45, 7) is 3.46. The van der Waals surface area contributed by atoms with Crippen LogP contribution in [0.1, 0.15) is 16.5 Å². The molecule has 2 aromatic rings. The van der Waals surface area contributed by atoms with Gasteiger partial charge in [-0.25, -0.2) is 0 Å². The summed E-state index contributed by atoms with van der Waals surface area (Å²) in [5.74, 6) is -0.174. The number of hydrogen-bond acceptors (Lipinski definition) is 4. The van der Waals surface area contributed by atoms with Crippen molar-refractivity contribution in [3.05, 3.63) is 52.2 Å². The van der Waals surface area contributed by atoms with Gasteiger partial charge in [-0.15, -0.1) is 36.9 Å². The third kappa shape index (κ3) is 4.86. The molecule has 1 N–H and O–H groups in total. The van der Waals surface area contributed by atoms with Crippen LogP contribution in [0.3, 0.4) is 0 Å². The normalized spacial score (nSPS) is 17.1. The van der Waals surface area contributed by atoms with E-state index in [1.54, 1.807) is 17.4 Å². The fourth-order valence-electron chi connectivity index (χ4n) is 2.82. The highest BCUT2D eigenvalue weighted by Crippen LogP contribution is 2.34. The number of benzene rings is 1. The summed E-state index contributed by atoms with van der Waals surface area (Å²) in [4.78, 5) is 3.41. The van der Waals surface area contributed by atoms with E-state index in [2.05, 4.69) is 15.0 Å². The van der Waals surface area contributed by atoms with E-state index in [4.69, 9.17) is 0 Å². The molecule has 0 bridgehead atoms. The lowest BCUT2D eigenvalue weighted by Crippen LogP contribution is -2.45. The van der Waals surface area contributed by atoms with E-state index in [9.17, 15) is 13.2 Å². The van der Waals surface area contributed by atoms with Crippen molar-refractivity contribution in [1.29, 1.82) is 0 Å². The topological polar surface area (TPSA) is 24.5 Å².